The molecule has 8 heteroatoms. The molecule has 0 atom stereocenters. The van der Waals surface area contributed by atoms with E-state index in [2.05, 4.69) is 26.2 Å². The molecule has 1 aromatic heterocycles. The zero-order valence-corrected chi connectivity index (χ0v) is 11.5. The number of aromatic nitrogens is 3. The van der Waals surface area contributed by atoms with Crippen LogP contribution in [-0.2, 0) is 16.5 Å². The second-order valence-corrected chi connectivity index (χ2v) is 5.19. The maximum absolute atomic E-state index is 12.4. The molecular weight excluding hydrogens is 304 g/mol. The number of amides is 1. The molecule has 1 amide bonds. The first-order valence-electron chi connectivity index (χ1n) is 5.74. The van der Waals surface area contributed by atoms with Crippen molar-refractivity contribution in [2.24, 2.45) is 7.05 Å². The molecule has 0 aliphatic carbocycles. The summed E-state index contributed by atoms with van der Waals surface area (Å²) in [6, 6.07) is 0. The van der Waals surface area contributed by atoms with Gasteiger partial charge in [-0.05, 0) is 15.9 Å². The lowest BCUT2D eigenvalue weighted by Crippen LogP contribution is -2.37. The fourth-order valence-electron chi connectivity index (χ4n) is 2.37. The quantitative estimate of drug-likeness (QED) is 0.738. The van der Waals surface area contributed by atoms with Crippen molar-refractivity contribution in [1.29, 1.82) is 0 Å². The largest absolute Gasteiger partial charge is 0.346 e. The van der Waals surface area contributed by atoms with Crippen molar-refractivity contribution in [2.45, 2.75) is 12.2 Å². The lowest BCUT2D eigenvalue weighted by atomic mass is 10.2. The summed E-state index contributed by atoms with van der Waals surface area (Å²) in [6.45, 7) is 2.28. The number of aryl methyl sites for hydroxylation is 1. The molecule has 18 heavy (non-hydrogen) atoms. The van der Waals surface area contributed by atoms with E-state index in [4.69, 9.17) is 9.47 Å². The van der Waals surface area contributed by atoms with Gasteiger partial charge >= 0.3 is 0 Å². The van der Waals surface area contributed by atoms with Gasteiger partial charge in [0.15, 0.2) is 16.1 Å². The molecular formula is C10H13BrN4O3. The molecule has 0 N–H and O–H groups in total. The molecule has 0 saturated carbocycles. The Bertz CT molecular complexity index is 464. The number of hydrogen-bond donors (Lipinski definition) is 0. The highest BCUT2D eigenvalue weighted by molar-refractivity contribution is 9.10. The minimum absolute atomic E-state index is 0.106. The Morgan fingerprint density at radius 1 is 1.44 bits per heavy atom. The molecule has 7 nitrogen and oxygen atoms in total. The van der Waals surface area contributed by atoms with E-state index in [9.17, 15) is 4.79 Å². The fourth-order valence-corrected chi connectivity index (χ4v) is 2.87. The fraction of sp³-hybridized carbons (Fsp3) is 0.700. The summed E-state index contributed by atoms with van der Waals surface area (Å²) in [5.41, 5.74) is 0.449. The predicted octanol–water partition coefficient (Wildman–Crippen LogP) is 0.167. The Kier molecular flexibility index (Phi) is 2.87. The van der Waals surface area contributed by atoms with Crippen LogP contribution in [-0.4, -0.2) is 57.9 Å². The Labute approximate surface area is 112 Å². The van der Waals surface area contributed by atoms with Crippen LogP contribution in [0.25, 0.3) is 0 Å². The van der Waals surface area contributed by atoms with Crippen molar-refractivity contribution in [3.8, 4) is 0 Å². The molecule has 2 aliphatic heterocycles. The first kappa shape index (κ1) is 12.1. The van der Waals surface area contributed by atoms with Crippen LogP contribution in [0.3, 0.4) is 0 Å². The minimum atomic E-state index is -0.589. The van der Waals surface area contributed by atoms with Gasteiger partial charge in [-0.15, -0.1) is 5.10 Å². The smallest absolute Gasteiger partial charge is 0.275 e. The summed E-state index contributed by atoms with van der Waals surface area (Å²) in [6.07, 6.45) is 0.710. The van der Waals surface area contributed by atoms with E-state index in [0.29, 0.717) is 43.0 Å². The molecule has 0 radical (unpaired) electrons. The molecule has 3 heterocycles. The number of hydrogen-bond acceptors (Lipinski definition) is 5. The zero-order chi connectivity index (χ0) is 12.8. The van der Waals surface area contributed by atoms with Crippen LogP contribution in [0.15, 0.2) is 4.60 Å². The second-order valence-electron chi connectivity index (χ2n) is 4.44. The summed E-state index contributed by atoms with van der Waals surface area (Å²) in [5, 5.41) is 7.62. The molecule has 0 aromatic carbocycles. The number of rotatable bonds is 1. The molecule has 1 spiro atoms. The van der Waals surface area contributed by atoms with E-state index in [-0.39, 0.29) is 5.91 Å². The first-order chi connectivity index (χ1) is 8.61. The van der Waals surface area contributed by atoms with E-state index in [0.717, 1.165) is 0 Å². The standard InChI is InChI=1S/C10H13BrN4O3/c1-14-7(8(11)12-13-14)9(16)15-3-2-10(6-15)17-4-5-18-10/h2-6H2,1H3. The number of ether oxygens (including phenoxy) is 2. The maximum Gasteiger partial charge on any atom is 0.275 e. The van der Waals surface area contributed by atoms with Crippen molar-refractivity contribution < 1.29 is 14.3 Å². The summed E-state index contributed by atoms with van der Waals surface area (Å²) in [5.74, 6) is -0.695. The third-order valence-corrected chi connectivity index (χ3v) is 3.82. The van der Waals surface area contributed by atoms with Crippen molar-refractivity contribution >= 4 is 21.8 Å². The average Bonchev–Trinajstić information content (AvgIpc) is 3.04. The van der Waals surface area contributed by atoms with Gasteiger partial charge in [0.05, 0.1) is 19.8 Å². The van der Waals surface area contributed by atoms with Gasteiger partial charge in [-0.1, -0.05) is 5.21 Å². The number of carbonyl (C=O) groups is 1. The minimum Gasteiger partial charge on any atom is -0.346 e. The highest BCUT2D eigenvalue weighted by Crippen LogP contribution is 2.31. The average molecular weight is 317 g/mol. The lowest BCUT2D eigenvalue weighted by molar-refractivity contribution is -0.143. The number of halogens is 1. The van der Waals surface area contributed by atoms with Gasteiger partial charge in [0.1, 0.15) is 0 Å². The Morgan fingerprint density at radius 3 is 2.78 bits per heavy atom. The van der Waals surface area contributed by atoms with Gasteiger partial charge < -0.3 is 14.4 Å². The zero-order valence-electron chi connectivity index (χ0n) is 9.93. The Morgan fingerprint density at radius 2 is 2.17 bits per heavy atom. The maximum atomic E-state index is 12.4. The van der Waals surface area contributed by atoms with Crippen LogP contribution < -0.4 is 0 Å². The third kappa shape index (κ3) is 1.84. The van der Waals surface area contributed by atoms with E-state index in [1.54, 1.807) is 11.9 Å². The molecule has 2 fully saturated rings. The second kappa shape index (κ2) is 4.29. The highest BCUT2D eigenvalue weighted by Gasteiger charge is 2.45. The predicted molar refractivity (Wildman–Crippen MR) is 63.9 cm³/mol. The van der Waals surface area contributed by atoms with Gasteiger partial charge in [0.25, 0.3) is 5.91 Å². The number of nitrogens with zero attached hydrogens (tertiary/aromatic N) is 4. The van der Waals surface area contributed by atoms with Gasteiger partial charge in [-0.3, -0.25) is 4.79 Å². The Balaban J connectivity index is 1.79. The van der Waals surface area contributed by atoms with Crippen molar-refractivity contribution in [2.75, 3.05) is 26.3 Å². The van der Waals surface area contributed by atoms with Crippen LogP contribution in [0, 0.1) is 0 Å². The monoisotopic (exact) mass is 316 g/mol. The Hall–Kier alpha value is -0.990. The van der Waals surface area contributed by atoms with Crippen LogP contribution >= 0.6 is 15.9 Å². The molecule has 2 aliphatic rings. The summed E-state index contributed by atoms with van der Waals surface area (Å²) < 4.78 is 13.1. The van der Waals surface area contributed by atoms with Crippen LogP contribution in [0.2, 0.25) is 0 Å². The van der Waals surface area contributed by atoms with Gasteiger partial charge in [-0.2, -0.15) is 0 Å². The van der Waals surface area contributed by atoms with E-state index >= 15 is 0 Å². The van der Waals surface area contributed by atoms with E-state index in [1.165, 1.54) is 4.68 Å². The molecule has 0 unspecified atom stereocenters. The van der Waals surface area contributed by atoms with Crippen LogP contribution in [0.1, 0.15) is 16.9 Å². The van der Waals surface area contributed by atoms with Gasteiger partial charge in [0.2, 0.25) is 0 Å². The molecule has 1 aromatic rings. The van der Waals surface area contributed by atoms with Gasteiger partial charge in [0, 0.05) is 20.0 Å². The van der Waals surface area contributed by atoms with E-state index in [1.807, 2.05) is 0 Å². The topological polar surface area (TPSA) is 69.5 Å². The molecule has 2 saturated heterocycles. The normalized spacial score (nSPS) is 22.0. The molecule has 0 bridgehead atoms. The van der Waals surface area contributed by atoms with Crippen molar-refractivity contribution in [1.82, 2.24) is 19.9 Å². The SMILES string of the molecule is Cn1nnc(Br)c1C(=O)N1CCC2(C1)OCCO2. The molecule has 3 rings (SSSR count). The lowest BCUT2D eigenvalue weighted by Gasteiger charge is -2.22. The highest BCUT2D eigenvalue weighted by atomic mass is 79.9. The third-order valence-electron chi connectivity index (χ3n) is 3.28. The molecule has 98 valence electrons. The summed E-state index contributed by atoms with van der Waals surface area (Å²) in [7, 11) is 1.69. The van der Waals surface area contributed by atoms with E-state index < -0.39 is 5.79 Å². The van der Waals surface area contributed by atoms with Crippen LogP contribution in [0.5, 0.6) is 0 Å². The number of carbonyl (C=O) groups excluding carboxylic acids is 1. The summed E-state index contributed by atoms with van der Waals surface area (Å²) >= 11 is 3.24. The van der Waals surface area contributed by atoms with Crippen molar-refractivity contribution in [3.63, 3.8) is 0 Å². The van der Waals surface area contributed by atoms with Crippen molar-refractivity contribution in [3.05, 3.63) is 10.3 Å². The first-order valence-corrected chi connectivity index (χ1v) is 6.53. The van der Waals surface area contributed by atoms with Gasteiger partial charge in [-0.25, -0.2) is 4.68 Å². The van der Waals surface area contributed by atoms with Crippen LogP contribution in [0.4, 0.5) is 0 Å². The summed E-state index contributed by atoms with van der Waals surface area (Å²) in [4.78, 5) is 14.1. The number of likely N-dealkylation sites (tertiary alicyclic amines) is 1.